The normalized spacial score (nSPS) is 23.5. The van der Waals surface area contributed by atoms with Crippen molar-refractivity contribution in [2.24, 2.45) is 0 Å². The summed E-state index contributed by atoms with van der Waals surface area (Å²) in [6.07, 6.45) is 6.59. The van der Waals surface area contributed by atoms with Gasteiger partial charge in [-0.25, -0.2) is 0 Å². The Bertz CT molecular complexity index is 228. The van der Waals surface area contributed by atoms with Crippen LogP contribution in [-0.4, -0.2) is 41.6 Å². The summed E-state index contributed by atoms with van der Waals surface area (Å²) in [5, 5.41) is 3.32. The summed E-state index contributed by atoms with van der Waals surface area (Å²) in [5.74, 6) is 1.56. The first-order chi connectivity index (χ1) is 6.78. The number of rotatable bonds is 5. The molecule has 2 aliphatic rings. The fourth-order valence-corrected chi connectivity index (χ4v) is 2.43. The fraction of sp³-hybridized carbons (Fsp3) is 0.900. The van der Waals surface area contributed by atoms with E-state index in [0.29, 0.717) is 5.91 Å². The highest BCUT2D eigenvalue weighted by molar-refractivity contribution is 7.98. The summed E-state index contributed by atoms with van der Waals surface area (Å²) in [6, 6.07) is 0. The van der Waals surface area contributed by atoms with Gasteiger partial charge in [0.25, 0.3) is 0 Å². The average molecular weight is 214 g/mol. The minimum atomic E-state index is -0.0977. The van der Waals surface area contributed by atoms with Crippen molar-refractivity contribution in [1.82, 2.24) is 10.2 Å². The van der Waals surface area contributed by atoms with Crippen LogP contribution in [0.25, 0.3) is 0 Å². The molecule has 1 saturated carbocycles. The maximum atomic E-state index is 11.8. The highest BCUT2D eigenvalue weighted by Crippen LogP contribution is 2.40. The van der Waals surface area contributed by atoms with Gasteiger partial charge in [-0.3, -0.25) is 10.1 Å². The maximum absolute atomic E-state index is 11.8. The van der Waals surface area contributed by atoms with Gasteiger partial charge in [0, 0.05) is 6.54 Å². The van der Waals surface area contributed by atoms with E-state index in [9.17, 15) is 4.79 Å². The van der Waals surface area contributed by atoms with Crippen molar-refractivity contribution in [1.29, 1.82) is 0 Å². The molecule has 3 nitrogen and oxygen atoms in total. The zero-order chi connectivity index (χ0) is 10.0. The Kier molecular flexibility index (Phi) is 3.02. The summed E-state index contributed by atoms with van der Waals surface area (Å²) in [6.45, 7) is 1.71. The van der Waals surface area contributed by atoms with Crippen molar-refractivity contribution in [3.8, 4) is 0 Å². The van der Waals surface area contributed by atoms with Crippen molar-refractivity contribution >= 4 is 17.7 Å². The van der Waals surface area contributed by atoms with E-state index in [0.717, 1.165) is 32.5 Å². The topological polar surface area (TPSA) is 32.3 Å². The van der Waals surface area contributed by atoms with Crippen LogP contribution in [0.5, 0.6) is 0 Å². The van der Waals surface area contributed by atoms with Gasteiger partial charge in [0.1, 0.15) is 0 Å². The Balaban J connectivity index is 1.69. The standard InChI is InChI=1S/C10H18N2OS/c1-14-7-3-2-6-12-8-11-10(4-5-10)9(12)13/h11H,2-8H2,1H3. The van der Waals surface area contributed by atoms with Crippen LogP contribution in [0.4, 0.5) is 0 Å². The number of hydrogen-bond acceptors (Lipinski definition) is 3. The molecule has 0 aromatic heterocycles. The molecule has 1 saturated heterocycles. The first-order valence-corrected chi connectivity index (χ1v) is 6.71. The molecule has 80 valence electrons. The third kappa shape index (κ3) is 1.91. The third-order valence-corrected chi connectivity index (χ3v) is 3.78. The van der Waals surface area contributed by atoms with E-state index in [4.69, 9.17) is 0 Å². The molecule has 2 rings (SSSR count). The van der Waals surface area contributed by atoms with Gasteiger partial charge in [0.05, 0.1) is 12.2 Å². The van der Waals surface area contributed by atoms with Gasteiger partial charge < -0.3 is 4.90 Å². The molecule has 4 heteroatoms. The number of carbonyl (C=O) groups excluding carboxylic acids is 1. The van der Waals surface area contributed by atoms with Crippen molar-refractivity contribution in [3.63, 3.8) is 0 Å². The zero-order valence-electron chi connectivity index (χ0n) is 8.71. The molecule has 1 aliphatic heterocycles. The molecule has 0 aromatic carbocycles. The minimum Gasteiger partial charge on any atom is -0.328 e. The van der Waals surface area contributed by atoms with Gasteiger partial charge in [0.15, 0.2) is 0 Å². The summed E-state index contributed by atoms with van der Waals surface area (Å²) >= 11 is 1.88. The molecule has 0 aromatic rings. The molecule has 1 N–H and O–H groups in total. The van der Waals surface area contributed by atoms with Gasteiger partial charge in [-0.05, 0) is 37.7 Å². The van der Waals surface area contributed by atoms with Crippen LogP contribution in [-0.2, 0) is 4.79 Å². The summed E-state index contributed by atoms with van der Waals surface area (Å²) < 4.78 is 0. The number of thioether (sulfide) groups is 1. The molecule has 0 radical (unpaired) electrons. The van der Waals surface area contributed by atoms with Gasteiger partial charge in [0.2, 0.25) is 5.91 Å². The molecule has 2 fully saturated rings. The van der Waals surface area contributed by atoms with Gasteiger partial charge in [-0.2, -0.15) is 11.8 Å². The fourth-order valence-electron chi connectivity index (χ4n) is 1.94. The highest BCUT2D eigenvalue weighted by Gasteiger charge is 2.55. The minimum absolute atomic E-state index is 0.0977. The monoisotopic (exact) mass is 214 g/mol. The number of nitrogens with zero attached hydrogens (tertiary/aromatic N) is 1. The summed E-state index contributed by atoms with van der Waals surface area (Å²) in [5.41, 5.74) is -0.0977. The SMILES string of the molecule is CSCCCCN1CNC2(CC2)C1=O. The molecular formula is C10H18N2OS. The van der Waals surface area contributed by atoms with Crippen LogP contribution in [0.15, 0.2) is 0 Å². The molecule has 1 spiro atoms. The quantitative estimate of drug-likeness (QED) is 0.694. The van der Waals surface area contributed by atoms with Crippen molar-refractivity contribution in [2.45, 2.75) is 31.2 Å². The number of unbranched alkanes of at least 4 members (excludes halogenated alkanes) is 1. The Morgan fingerprint density at radius 3 is 2.86 bits per heavy atom. The largest absolute Gasteiger partial charge is 0.328 e. The third-order valence-electron chi connectivity index (χ3n) is 3.08. The van der Waals surface area contributed by atoms with E-state index in [1.807, 2.05) is 16.7 Å². The molecule has 14 heavy (non-hydrogen) atoms. The van der Waals surface area contributed by atoms with Crippen LogP contribution in [0.2, 0.25) is 0 Å². The Hall–Kier alpha value is -0.220. The maximum Gasteiger partial charge on any atom is 0.243 e. The van der Waals surface area contributed by atoms with Crippen LogP contribution < -0.4 is 5.32 Å². The number of amides is 1. The van der Waals surface area contributed by atoms with E-state index >= 15 is 0 Å². The second-order valence-electron chi connectivity index (χ2n) is 4.19. The van der Waals surface area contributed by atoms with Crippen LogP contribution in [0.1, 0.15) is 25.7 Å². The Morgan fingerprint density at radius 2 is 2.29 bits per heavy atom. The number of carbonyl (C=O) groups is 1. The predicted molar refractivity (Wildman–Crippen MR) is 59.3 cm³/mol. The molecule has 0 unspecified atom stereocenters. The molecule has 0 atom stereocenters. The summed E-state index contributed by atoms with van der Waals surface area (Å²) in [4.78, 5) is 13.8. The van der Waals surface area contributed by atoms with Gasteiger partial charge >= 0.3 is 0 Å². The lowest BCUT2D eigenvalue weighted by atomic mass is 10.2. The number of hydrogen-bond donors (Lipinski definition) is 1. The summed E-state index contributed by atoms with van der Waals surface area (Å²) in [7, 11) is 0. The van der Waals surface area contributed by atoms with E-state index in [-0.39, 0.29) is 5.54 Å². The Morgan fingerprint density at radius 1 is 1.50 bits per heavy atom. The van der Waals surface area contributed by atoms with Crippen molar-refractivity contribution < 1.29 is 4.79 Å². The predicted octanol–water partition coefficient (Wildman–Crippen LogP) is 1.05. The lowest BCUT2D eigenvalue weighted by Gasteiger charge is -2.14. The smallest absolute Gasteiger partial charge is 0.243 e. The lowest BCUT2D eigenvalue weighted by Crippen LogP contribution is -2.32. The van der Waals surface area contributed by atoms with E-state index < -0.39 is 0 Å². The average Bonchev–Trinajstić information content (AvgIpc) is 2.90. The van der Waals surface area contributed by atoms with Crippen molar-refractivity contribution in [3.05, 3.63) is 0 Å². The molecule has 1 amide bonds. The highest BCUT2D eigenvalue weighted by atomic mass is 32.2. The van der Waals surface area contributed by atoms with E-state index in [2.05, 4.69) is 11.6 Å². The molecule has 0 bridgehead atoms. The number of nitrogens with one attached hydrogen (secondary N) is 1. The molecule has 1 aliphatic carbocycles. The second-order valence-corrected chi connectivity index (χ2v) is 5.17. The Labute approximate surface area is 89.6 Å². The van der Waals surface area contributed by atoms with E-state index in [1.54, 1.807) is 0 Å². The zero-order valence-corrected chi connectivity index (χ0v) is 9.53. The van der Waals surface area contributed by atoms with Gasteiger partial charge in [-0.1, -0.05) is 0 Å². The molecular weight excluding hydrogens is 196 g/mol. The van der Waals surface area contributed by atoms with E-state index in [1.165, 1.54) is 12.2 Å². The lowest BCUT2D eigenvalue weighted by molar-refractivity contribution is -0.129. The van der Waals surface area contributed by atoms with Crippen LogP contribution >= 0.6 is 11.8 Å². The van der Waals surface area contributed by atoms with Crippen LogP contribution in [0.3, 0.4) is 0 Å². The van der Waals surface area contributed by atoms with Crippen molar-refractivity contribution in [2.75, 3.05) is 25.2 Å². The second kappa shape index (κ2) is 4.11. The first-order valence-electron chi connectivity index (χ1n) is 5.32. The van der Waals surface area contributed by atoms with Gasteiger partial charge in [-0.15, -0.1) is 0 Å². The molecule has 1 heterocycles. The first kappa shape index (κ1) is 10.3. The van der Waals surface area contributed by atoms with Crippen LogP contribution in [0, 0.1) is 0 Å².